The molecule has 1 aromatic rings. The molecule has 0 aromatic heterocycles. The number of hydrogen-bond donors (Lipinski definition) is 1. The highest BCUT2D eigenvalue weighted by molar-refractivity contribution is 5.69. The second kappa shape index (κ2) is 7.92. The summed E-state index contributed by atoms with van der Waals surface area (Å²) in [7, 11) is 1.82. The van der Waals surface area contributed by atoms with Crippen molar-refractivity contribution in [2.75, 3.05) is 26.7 Å². The van der Waals surface area contributed by atoms with E-state index in [0.717, 1.165) is 25.2 Å². The van der Waals surface area contributed by atoms with Crippen LogP contribution in [0.1, 0.15) is 25.0 Å². The van der Waals surface area contributed by atoms with Crippen LogP contribution in [0.4, 0.5) is 0 Å². The van der Waals surface area contributed by atoms with E-state index in [4.69, 9.17) is 5.11 Å². The molecular weight excluding hydrogens is 240 g/mol. The van der Waals surface area contributed by atoms with Crippen molar-refractivity contribution in [1.82, 2.24) is 9.80 Å². The number of hydrogen-bond acceptors (Lipinski definition) is 3. The Hall–Kier alpha value is -1.39. The van der Waals surface area contributed by atoms with Gasteiger partial charge in [0.15, 0.2) is 0 Å². The lowest BCUT2D eigenvalue weighted by Crippen LogP contribution is -2.25. The molecule has 0 aliphatic carbocycles. The number of carbonyl (C=O) groups is 1. The topological polar surface area (TPSA) is 43.8 Å². The number of rotatable bonds is 8. The fraction of sp³-hybridized carbons (Fsp3) is 0.533. The summed E-state index contributed by atoms with van der Waals surface area (Å²) in [5.74, 6) is -0.791. The third-order valence-electron chi connectivity index (χ3n) is 3.18. The predicted octanol–water partition coefficient (Wildman–Crippen LogP) is 2.04. The van der Waals surface area contributed by atoms with E-state index in [9.17, 15) is 4.79 Å². The van der Waals surface area contributed by atoms with Gasteiger partial charge in [-0.1, -0.05) is 38.1 Å². The molecule has 106 valence electrons. The minimum absolute atomic E-state index is 0.0706. The van der Waals surface area contributed by atoms with Gasteiger partial charge in [0.1, 0.15) is 0 Å². The zero-order chi connectivity index (χ0) is 14.3. The Morgan fingerprint density at radius 1 is 1.05 bits per heavy atom. The summed E-state index contributed by atoms with van der Waals surface area (Å²) in [4.78, 5) is 14.8. The lowest BCUT2D eigenvalue weighted by atomic mass is 10.1. The maximum absolute atomic E-state index is 10.6. The minimum atomic E-state index is -0.791. The second-order valence-corrected chi connectivity index (χ2v) is 4.84. The fourth-order valence-electron chi connectivity index (χ4n) is 2.05. The van der Waals surface area contributed by atoms with Crippen LogP contribution in [0.25, 0.3) is 0 Å². The van der Waals surface area contributed by atoms with Gasteiger partial charge >= 0.3 is 5.97 Å². The average Bonchev–Trinajstić information content (AvgIpc) is 2.37. The van der Waals surface area contributed by atoms with Crippen molar-refractivity contribution >= 4 is 5.97 Å². The molecule has 4 nitrogen and oxygen atoms in total. The van der Waals surface area contributed by atoms with Gasteiger partial charge in [-0.3, -0.25) is 14.6 Å². The van der Waals surface area contributed by atoms with E-state index >= 15 is 0 Å². The Morgan fingerprint density at radius 3 is 1.95 bits per heavy atom. The molecule has 0 fully saturated rings. The molecule has 0 radical (unpaired) electrons. The number of benzene rings is 1. The van der Waals surface area contributed by atoms with Gasteiger partial charge in [0.25, 0.3) is 0 Å². The summed E-state index contributed by atoms with van der Waals surface area (Å²) in [6.07, 6.45) is 0. The van der Waals surface area contributed by atoms with Gasteiger partial charge in [-0.25, -0.2) is 0 Å². The molecule has 0 aliphatic heterocycles. The monoisotopic (exact) mass is 264 g/mol. The molecule has 0 aliphatic rings. The van der Waals surface area contributed by atoms with Crippen molar-refractivity contribution in [1.29, 1.82) is 0 Å². The van der Waals surface area contributed by atoms with E-state index in [2.05, 4.69) is 43.0 Å². The number of carboxylic acids is 1. The SMILES string of the molecule is CCN(CC)Cc1ccc(CN(C)CC(=O)O)cc1. The van der Waals surface area contributed by atoms with Gasteiger partial charge in [-0.2, -0.15) is 0 Å². The van der Waals surface area contributed by atoms with E-state index in [1.165, 1.54) is 5.56 Å². The first-order chi connectivity index (χ1) is 9.05. The lowest BCUT2D eigenvalue weighted by molar-refractivity contribution is -0.138. The molecule has 0 spiro atoms. The molecule has 0 bridgehead atoms. The molecule has 0 saturated heterocycles. The van der Waals surface area contributed by atoms with Crippen LogP contribution < -0.4 is 0 Å². The first kappa shape index (κ1) is 15.7. The molecule has 1 aromatic carbocycles. The Balaban J connectivity index is 2.53. The number of aliphatic carboxylic acids is 1. The number of carboxylic acid groups (broad SMARTS) is 1. The summed E-state index contributed by atoms with van der Waals surface area (Å²) in [5, 5.41) is 8.71. The van der Waals surface area contributed by atoms with E-state index in [0.29, 0.717) is 6.54 Å². The Bertz CT molecular complexity index is 386. The van der Waals surface area contributed by atoms with Crippen molar-refractivity contribution in [3.63, 3.8) is 0 Å². The largest absolute Gasteiger partial charge is 0.480 e. The molecule has 0 atom stereocenters. The third kappa shape index (κ3) is 5.85. The fourth-order valence-corrected chi connectivity index (χ4v) is 2.05. The molecule has 0 heterocycles. The first-order valence-electron chi connectivity index (χ1n) is 6.75. The summed E-state index contributed by atoms with van der Waals surface area (Å²) in [6, 6.07) is 8.42. The van der Waals surface area contributed by atoms with Crippen LogP contribution in [0, 0.1) is 0 Å². The van der Waals surface area contributed by atoms with E-state index < -0.39 is 5.97 Å². The van der Waals surface area contributed by atoms with Crippen molar-refractivity contribution < 1.29 is 9.90 Å². The highest BCUT2D eigenvalue weighted by Gasteiger charge is 2.05. The Kier molecular flexibility index (Phi) is 6.53. The molecular formula is C15H24N2O2. The van der Waals surface area contributed by atoms with Crippen LogP contribution >= 0.6 is 0 Å². The molecule has 1 rings (SSSR count). The van der Waals surface area contributed by atoms with Crippen LogP contribution in [0.15, 0.2) is 24.3 Å². The molecule has 1 N–H and O–H groups in total. The quantitative estimate of drug-likeness (QED) is 0.780. The van der Waals surface area contributed by atoms with E-state index in [-0.39, 0.29) is 6.54 Å². The van der Waals surface area contributed by atoms with Gasteiger partial charge in [0, 0.05) is 13.1 Å². The van der Waals surface area contributed by atoms with Gasteiger partial charge in [-0.05, 0) is 31.3 Å². The molecule has 4 heteroatoms. The zero-order valence-electron chi connectivity index (χ0n) is 12.1. The summed E-state index contributed by atoms with van der Waals surface area (Å²) >= 11 is 0. The smallest absolute Gasteiger partial charge is 0.317 e. The standard InChI is InChI=1S/C15H24N2O2/c1-4-17(5-2)11-14-8-6-13(7-9-14)10-16(3)12-15(18)19/h6-9H,4-5,10-12H2,1-3H3,(H,18,19). The van der Waals surface area contributed by atoms with Gasteiger partial charge in [0.2, 0.25) is 0 Å². The first-order valence-corrected chi connectivity index (χ1v) is 6.75. The van der Waals surface area contributed by atoms with Crippen molar-refractivity contribution in [2.45, 2.75) is 26.9 Å². The summed E-state index contributed by atoms with van der Waals surface area (Å²) in [5.41, 5.74) is 2.44. The molecule has 0 amide bonds. The highest BCUT2D eigenvalue weighted by Crippen LogP contribution is 2.09. The minimum Gasteiger partial charge on any atom is -0.480 e. The van der Waals surface area contributed by atoms with Crippen LogP contribution in [-0.4, -0.2) is 47.6 Å². The maximum Gasteiger partial charge on any atom is 0.317 e. The van der Waals surface area contributed by atoms with E-state index in [1.807, 2.05) is 7.05 Å². The maximum atomic E-state index is 10.6. The molecule has 19 heavy (non-hydrogen) atoms. The lowest BCUT2D eigenvalue weighted by Gasteiger charge is -2.18. The molecule has 0 unspecified atom stereocenters. The van der Waals surface area contributed by atoms with Crippen LogP contribution in [0.2, 0.25) is 0 Å². The average molecular weight is 264 g/mol. The number of nitrogens with zero attached hydrogens (tertiary/aromatic N) is 2. The third-order valence-corrected chi connectivity index (χ3v) is 3.18. The highest BCUT2D eigenvalue weighted by atomic mass is 16.4. The van der Waals surface area contributed by atoms with Crippen molar-refractivity contribution in [3.05, 3.63) is 35.4 Å². The predicted molar refractivity (Wildman–Crippen MR) is 77.0 cm³/mol. The van der Waals surface area contributed by atoms with Gasteiger partial charge in [0.05, 0.1) is 6.54 Å². The normalized spacial score (nSPS) is 11.2. The van der Waals surface area contributed by atoms with E-state index in [1.54, 1.807) is 4.90 Å². The zero-order valence-corrected chi connectivity index (χ0v) is 12.1. The second-order valence-electron chi connectivity index (χ2n) is 4.84. The van der Waals surface area contributed by atoms with Crippen molar-refractivity contribution in [2.24, 2.45) is 0 Å². The Morgan fingerprint density at radius 2 is 1.53 bits per heavy atom. The summed E-state index contributed by atoms with van der Waals surface area (Å²) in [6.45, 7) is 8.15. The van der Waals surface area contributed by atoms with Gasteiger partial charge < -0.3 is 5.11 Å². The van der Waals surface area contributed by atoms with Crippen molar-refractivity contribution in [3.8, 4) is 0 Å². The van der Waals surface area contributed by atoms with Crippen LogP contribution in [-0.2, 0) is 17.9 Å². The molecule has 0 saturated carbocycles. The Labute approximate surface area is 115 Å². The summed E-state index contributed by atoms with van der Waals surface area (Å²) < 4.78 is 0. The van der Waals surface area contributed by atoms with Crippen LogP contribution in [0.3, 0.4) is 0 Å². The number of likely N-dealkylation sites (N-methyl/N-ethyl adjacent to an activating group) is 1. The van der Waals surface area contributed by atoms with Gasteiger partial charge in [-0.15, -0.1) is 0 Å². The van der Waals surface area contributed by atoms with Crippen LogP contribution in [0.5, 0.6) is 0 Å².